The summed E-state index contributed by atoms with van der Waals surface area (Å²) in [6.07, 6.45) is 0. The van der Waals surface area contributed by atoms with Gasteiger partial charge in [0.2, 0.25) is 5.16 Å². The van der Waals surface area contributed by atoms with Gasteiger partial charge in [-0.2, -0.15) is 4.68 Å². The topological polar surface area (TPSA) is 89.3 Å². The number of H-pyrrole nitrogens is 1. The van der Waals surface area contributed by atoms with E-state index in [1.54, 1.807) is 22.9 Å². The van der Waals surface area contributed by atoms with Crippen LogP contribution in [-0.2, 0) is 0 Å². The lowest BCUT2D eigenvalue weighted by molar-refractivity contribution is 0.754. The molecule has 1 atom stereocenters. The van der Waals surface area contributed by atoms with Crippen LogP contribution < -0.4 is 5.56 Å². The zero-order valence-electron chi connectivity index (χ0n) is 13.6. The highest BCUT2D eigenvalue weighted by Crippen LogP contribution is 2.32. The maximum absolute atomic E-state index is 12.3. The Bertz CT molecular complexity index is 1140. The van der Waals surface area contributed by atoms with Gasteiger partial charge in [0, 0.05) is 5.02 Å². The predicted molar refractivity (Wildman–Crippen MR) is 101 cm³/mol. The fraction of sp³-hybridized carbons (Fsp3) is 0.118. The molecule has 4 rings (SSSR count). The summed E-state index contributed by atoms with van der Waals surface area (Å²) in [6.45, 7) is 1.94. The number of fused-ring (bicyclic) bond motifs is 1. The van der Waals surface area contributed by atoms with E-state index < -0.39 is 0 Å². The van der Waals surface area contributed by atoms with Gasteiger partial charge in [-0.05, 0) is 47.7 Å². The summed E-state index contributed by atoms with van der Waals surface area (Å²) in [4.78, 5) is 19.7. The van der Waals surface area contributed by atoms with Crippen molar-refractivity contribution >= 4 is 34.3 Å². The molecule has 2 aromatic carbocycles. The zero-order chi connectivity index (χ0) is 18.1. The van der Waals surface area contributed by atoms with Gasteiger partial charge in [-0.1, -0.05) is 41.6 Å². The third kappa shape index (κ3) is 3.21. The molecule has 0 radical (unpaired) electrons. The molecule has 130 valence electrons. The smallest absolute Gasteiger partial charge is 0.258 e. The van der Waals surface area contributed by atoms with Crippen molar-refractivity contribution in [2.45, 2.75) is 17.3 Å². The second-order valence-corrected chi connectivity index (χ2v) is 7.33. The van der Waals surface area contributed by atoms with Crippen LogP contribution >= 0.6 is 23.4 Å². The van der Waals surface area contributed by atoms with E-state index in [0.29, 0.717) is 26.9 Å². The number of hydrogen-bond donors (Lipinski definition) is 1. The molecule has 26 heavy (non-hydrogen) atoms. The summed E-state index contributed by atoms with van der Waals surface area (Å²) in [6, 6.07) is 14.5. The summed E-state index contributed by atoms with van der Waals surface area (Å²) >= 11 is 7.45. The maximum Gasteiger partial charge on any atom is 0.258 e. The van der Waals surface area contributed by atoms with E-state index in [1.807, 2.05) is 37.3 Å². The Balaban J connectivity index is 1.67. The van der Waals surface area contributed by atoms with Crippen LogP contribution in [0.15, 0.2) is 58.5 Å². The molecule has 7 nitrogen and oxygen atoms in total. The minimum absolute atomic E-state index is 0.156. The van der Waals surface area contributed by atoms with Crippen LogP contribution in [0, 0.1) is 0 Å². The molecule has 0 bridgehead atoms. The number of thioether (sulfide) groups is 1. The van der Waals surface area contributed by atoms with Crippen LogP contribution in [0.1, 0.15) is 18.0 Å². The summed E-state index contributed by atoms with van der Waals surface area (Å²) in [7, 11) is 0. The Morgan fingerprint density at radius 2 is 2.04 bits per heavy atom. The fourth-order valence-corrected chi connectivity index (χ4v) is 3.58. The highest BCUT2D eigenvalue weighted by molar-refractivity contribution is 7.99. The van der Waals surface area contributed by atoms with Crippen molar-refractivity contribution in [2.75, 3.05) is 0 Å². The number of aromatic nitrogens is 6. The summed E-state index contributed by atoms with van der Waals surface area (Å²) in [5.41, 5.74) is 1.26. The first-order valence-electron chi connectivity index (χ1n) is 7.82. The first-order valence-corrected chi connectivity index (χ1v) is 9.07. The second-order valence-electron chi connectivity index (χ2n) is 5.58. The number of para-hydroxylation sites is 1. The fourth-order valence-electron chi connectivity index (χ4n) is 2.53. The summed E-state index contributed by atoms with van der Waals surface area (Å²) in [5.74, 6) is 0.569. The first-order chi connectivity index (χ1) is 12.6. The Morgan fingerprint density at radius 3 is 2.88 bits per heavy atom. The number of tetrazole rings is 1. The van der Waals surface area contributed by atoms with E-state index in [9.17, 15) is 4.79 Å². The minimum atomic E-state index is -0.160. The van der Waals surface area contributed by atoms with Crippen molar-refractivity contribution in [3.8, 4) is 5.69 Å². The zero-order valence-corrected chi connectivity index (χ0v) is 15.2. The lowest BCUT2D eigenvalue weighted by atomic mass is 10.2. The maximum atomic E-state index is 12.3. The van der Waals surface area contributed by atoms with Crippen molar-refractivity contribution in [1.29, 1.82) is 0 Å². The number of nitrogens with zero attached hydrogens (tertiary/aromatic N) is 5. The Kier molecular flexibility index (Phi) is 4.44. The number of aromatic amines is 1. The van der Waals surface area contributed by atoms with E-state index >= 15 is 0 Å². The molecule has 1 N–H and O–H groups in total. The molecule has 9 heteroatoms. The lowest BCUT2D eigenvalue weighted by Gasteiger charge is -2.11. The number of hydrogen-bond acceptors (Lipinski definition) is 6. The molecule has 0 spiro atoms. The van der Waals surface area contributed by atoms with Crippen molar-refractivity contribution < 1.29 is 0 Å². The molecule has 2 aromatic heterocycles. The molecule has 0 saturated carbocycles. The van der Waals surface area contributed by atoms with Crippen LogP contribution in [0.2, 0.25) is 5.02 Å². The molecule has 0 aliphatic rings. The molecule has 4 aromatic rings. The van der Waals surface area contributed by atoms with Gasteiger partial charge in [0.05, 0.1) is 21.8 Å². The standard InChI is InChI=1S/C17H13ClN6OS/c1-10(15-19-14-8-3-2-7-13(14)16(25)20-15)26-17-21-22-23-24(17)12-6-4-5-11(18)9-12/h2-10H,1H3,(H,19,20,25)/t10-/m1/s1. The molecule has 0 aliphatic heterocycles. The molecule has 0 saturated heterocycles. The SMILES string of the molecule is C[C@@H](Sc1nnnn1-c1cccc(Cl)c1)c1nc2ccccc2c(=O)[nH]1. The highest BCUT2D eigenvalue weighted by Gasteiger charge is 2.17. The Labute approximate surface area is 157 Å². The van der Waals surface area contributed by atoms with Crippen LogP contribution in [0.25, 0.3) is 16.6 Å². The first kappa shape index (κ1) is 16.7. The number of nitrogens with one attached hydrogen (secondary N) is 1. The summed E-state index contributed by atoms with van der Waals surface area (Å²) < 4.78 is 1.60. The Hall–Kier alpha value is -2.71. The van der Waals surface area contributed by atoms with Gasteiger partial charge < -0.3 is 4.98 Å². The predicted octanol–water partition coefficient (Wildman–Crippen LogP) is 3.41. The molecule has 0 amide bonds. The molecular weight excluding hydrogens is 372 g/mol. The van der Waals surface area contributed by atoms with Gasteiger partial charge in [0.15, 0.2) is 0 Å². The monoisotopic (exact) mass is 384 g/mol. The van der Waals surface area contributed by atoms with Gasteiger partial charge in [0.25, 0.3) is 5.56 Å². The van der Waals surface area contributed by atoms with Gasteiger partial charge in [-0.15, -0.1) is 5.10 Å². The molecule has 0 aliphatic carbocycles. The van der Waals surface area contributed by atoms with Gasteiger partial charge >= 0.3 is 0 Å². The van der Waals surface area contributed by atoms with Crippen molar-refractivity contribution in [1.82, 2.24) is 30.2 Å². The van der Waals surface area contributed by atoms with Crippen LogP contribution in [0.3, 0.4) is 0 Å². The normalized spacial score (nSPS) is 12.4. The highest BCUT2D eigenvalue weighted by atomic mass is 35.5. The molecule has 2 heterocycles. The van der Waals surface area contributed by atoms with Crippen molar-refractivity contribution in [2.24, 2.45) is 0 Å². The van der Waals surface area contributed by atoms with Gasteiger partial charge in [-0.25, -0.2) is 4.98 Å². The number of rotatable bonds is 4. The van der Waals surface area contributed by atoms with Crippen molar-refractivity contribution in [3.05, 3.63) is 69.7 Å². The average molecular weight is 385 g/mol. The van der Waals surface area contributed by atoms with Crippen LogP contribution in [-0.4, -0.2) is 30.2 Å². The number of halogens is 1. The third-order valence-corrected chi connectivity index (χ3v) is 5.07. The van der Waals surface area contributed by atoms with Crippen LogP contribution in [0.4, 0.5) is 0 Å². The average Bonchev–Trinajstić information content (AvgIpc) is 3.10. The number of benzene rings is 2. The van der Waals surface area contributed by atoms with E-state index in [1.165, 1.54) is 11.8 Å². The largest absolute Gasteiger partial charge is 0.309 e. The minimum Gasteiger partial charge on any atom is -0.309 e. The molecular formula is C17H13ClN6OS. The second kappa shape index (κ2) is 6.89. The van der Waals surface area contributed by atoms with Crippen LogP contribution in [0.5, 0.6) is 0 Å². The van der Waals surface area contributed by atoms with E-state index in [0.717, 1.165) is 5.69 Å². The third-order valence-electron chi connectivity index (χ3n) is 3.79. The summed E-state index contributed by atoms with van der Waals surface area (Å²) in [5, 5.41) is 13.4. The van der Waals surface area contributed by atoms with E-state index in [4.69, 9.17) is 11.6 Å². The Morgan fingerprint density at radius 1 is 1.19 bits per heavy atom. The molecule has 0 unspecified atom stereocenters. The quantitative estimate of drug-likeness (QED) is 0.542. The van der Waals surface area contributed by atoms with Crippen molar-refractivity contribution in [3.63, 3.8) is 0 Å². The molecule has 0 fully saturated rings. The van der Waals surface area contributed by atoms with E-state index in [-0.39, 0.29) is 10.8 Å². The lowest BCUT2D eigenvalue weighted by Crippen LogP contribution is -2.13. The van der Waals surface area contributed by atoms with Gasteiger partial charge in [0.1, 0.15) is 5.82 Å². The van der Waals surface area contributed by atoms with Gasteiger partial charge in [-0.3, -0.25) is 4.79 Å². The van der Waals surface area contributed by atoms with E-state index in [2.05, 4.69) is 25.5 Å².